The quantitative estimate of drug-likeness (QED) is 0.580. The summed E-state index contributed by atoms with van der Waals surface area (Å²) in [5.74, 6) is -0.279. The molecule has 0 spiro atoms. The van der Waals surface area contributed by atoms with Crippen LogP contribution in [0.25, 0.3) is 0 Å². The lowest BCUT2D eigenvalue weighted by atomic mass is 10.1. The molecule has 7 heteroatoms. The fourth-order valence-corrected chi connectivity index (χ4v) is 3.17. The molecular weight excluding hydrogens is 268 g/mol. The van der Waals surface area contributed by atoms with E-state index in [1.807, 2.05) is 11.8 Å². The minimum absolute atomic E-state index is 0.138. The molecule has 2 amide bonds. The second kappa shape index (κ2) is 7.00. The van der Waals surface area contributed by atoms with Crippen LogP contribution in [0.4, 0.5) is 4.79 Å². The smallest absolute Gasteiger partial charge is 0.337 e. The predicted octanol–water partition coefficient (Wildman–Crippen LogP) is 0.795. The molecule has 0 aromatic rings. The second-order valence-corrected chi connectivity index (χ2v) is 6.57. The van der Waals surface area contributed by atoms with E-state index in [4.69, 9.17) is 5.11 Å². The maximum absolute atomic E-state index is 11.6. The normalized spacial score (nSPS) is 25.6. The molecule has 1 fully saturated rings. The number of aliphatic carboxylic acids is 1. The number of aliphatic hydroxyl groups is 1. The standard InChI is InChI=1S/C12H22N2O4S/c1-3-19-9-5-4-8(6-9)14-11(17)13-7-12(2,18)10(15)16/h8-9,18H,3-7H2,1-2H3,(H,15,16)(H2,13,14,17). The number of carbonyl (C=O) groups is 2. The molecule has 0 saturated heterocycles. The number of thioether (sulfide) groups is 1. The molecule has 0 aliphatic heterocycles. The minimum atomic E-state index is -1.94. The Hall–Kier alpha value is -0.950. The third-order valence-corrected chi connectivity index (χ3v) is 4.41. The number of carbonyl (C=O) groups excluding carboxylic acids is 1. The Morgan fingerprint density at radius 3 is 2.68 bits per heavy atom. The van der Waals surface area contributed by atoms with Gasteiger partial charge in [-0.05, 0) is 31.9 Å². The van der Waals surface area contributed by atoms with Gasteiger partial charge in [-0.25, -0.2) is 9.59 Å². The average molecular weight is 290 g/mol. The zero-order valence-electron chi connectivity index (χ0n) is 11.3. The zero-order chi connectivity index (χ0) is 14.5. The molecule has 0 aromatic heterocycles. The number of amides is 2. The summed E-state index contributed by atoms with van der Waals surface area (Å²) in [6.45, 7) is 2.96. The summed E-state index contributed by atoms with van der Waals surface area (Å²) < 4.78 is 0. The van der Waals surface area contributed by atoms with Crippen LogP contribution >= 0.6 is 11.8 Å². The molecule has 0 aromatic carbocycles. The Bertz CT molecular complexity index is 336. The van der Waals surface area contributed by atoms with Crippen LogP contribution in [0, 0.1) is 0 Å². The van der Waals surface area contributed by atoms with Gasteiger partial charge in [0.25, 0.3) is 0 Å². The van der Waals surface area contributed by atoms with E-state index in [1.54, 1.807) is 0 Å². The first kappa shape index (κ1) is 16.1. The van der Waals surface area contributed by atoms with E-state index >= 15 is 0 Å². The van der Waals surface area contributed by atoms with Crippen LogP contribution in [0.15, 0.2) is 0 Å². The molecule has 0 radical (unpaired) electrons. The number of carboxylic acids is 1. The van der Waals surface area contributed by atoms with Gasteiger partial charge in [-0.3, -0.25) is 0 Å². The van der Waals surface area contributed by atoms with Crippen molar-refractivity contribution in [3.8, 4) is 0 Å². The third-order valence-electron chi connectivity index (χ3n) is 3.18. The van der Waals surface area contributed by atoms with Crippen molar-refractivity contribution >= 4 is 23.8 Å². The molecular formula is C12H22N2O4S. The van der Waals surface area contributed by atoms with E-state index in [1.165, 1.54) is 0 Å². The number of carboxylic acid groups (broad SMARTS) is 1. The largest absolute Gasteiger partial charge is 0.479 e. The van der Waals surface area contributed by atoms with Crippen molar-refractivity contribution in [1.82, 2.24) is 10.6 Å². The number of rotatable bonds is 6. The van der Waals surface area contributed by atoms with E-state index in [2.05, 4.69) is 17.6 Å². The third kappa shape index (κ3) is 5.28. The first-order chi connectivity index (χ1) is 8.85. The van der Waals surface area contributed by atoms with Crippen LogP contribution < -0.4 is 10.6 Å². The van der Waals surface area contributed by atoms with Crippen molar-refractivity contribution in [2.24, 2.45) is 0 Å². The van der Waals surface area contributed by atoms with Gasteiger partial charge in [-0.1, -0.05) is 6.92 Å². The molecule has 1 aliphatic carbocycles. The molecule has 0 heterocycles. The molecule has 19 heavy (non-hydrogen) atoms. The molecule has 3 atom stereocenters. The van der Waals surface area contributed by atoms with Crippen LogP contribution in [0.1, 0.15) is 33.1 Å². The summed E-state index contributed by atoms with van der Waals surface area (Å²) in [6.07, 6.45) is 2.98. The number of nitrogens with one attached hydrogen (secondary N) is 2. The number of urea groups is 1. The van der Waals surface area contributed by atoms with Gasteiger partial charge in [-0.2, -0.15) is 11.8 Å². The number of hydrogen-bond acceptors (Lipinski definition) is 4. The van der Waals surface area contributed by atoms with Gasteiger partial charge < -0.3 is 20.8 Å². The lowest BCUT2D eigenvalue weighted by Crippen LogP contribution is -2.50. The van der Waals surface area contributed by atoms with Crippen LogP contribution in [0.3, 0.4) is 0 Å². The van der Waals surface area contributed by atoms with Gasteiger partial charge in [0.15, 0.2) is 5.60 Å². The van der Waals surface area contributed by atoms with Gasteiger partial charge in [-0.15, -0.1) is 0 Å². The van der Waals surface area contributed by atoms with Crippen LogP contribution in [0.5, 0.6) is 0 Å². The van der Waals surface area contributed by atoms with Crippen LogP contribution in [-0.4, -0.2) is 51.4 Å². The Kier molecular flexibility index (Phi) is 5.93. The molecule has 0 bridgehead atoms. The van der Waals surface area contributed by atoms with Gasteiger partial charge in [0, 0.05) is 11.3 Å². The highest BCUT2D eigenvalue weighted by atomic mass is 32.2. The van der Waals surface area contributed by atoms with Crippen molar-refractivity contribution in [1.29, 1.82) is 0 Å². The van der Waals surface area contributed by atoms with E-state index < -0.39 is 17.6 Å². The van der Waals surface area contributed by atoms with Crippen molar-refractivity contribution in [3.63, 3.8) is 0 Å². The van der Waals surface area contributed by atoms with Crippen molar-refractivity contribution in [2.45, 2.75) is 50.0 Å². The van der Waals surface area contributed by atoms with Gasteiger partial charge in [0.2, 0.25) is 0 Å². The highest BCUT2D eigenvalue weighted by Gasteiger charge is 2.31. The fourth-order valence-electron chi connectivity index (χ4n) is 2.02. The summed E-state index contributed by atoms with van der Waals surface area (Å²) in [5.41, 5.74) is -1.94. The summed E-state index contributed by atoms with van der Waals surface area (Å²) in [7, 11) is 0. The molecule has 1 rings (SSSR count). The summed E-state index contributed by atoms with van der Waals surface area (Å²) in [5, 5.41) is 24.0. The lowest BCUT2D eigenvalue weighted by Gasteiger charge is -2.20. The number of hydrogen-bond donors (Lipinski definition) is 4. The molecule has 6 nitrogen and oxygen atoms in total. The van der Waals surface area contributed by atoms with E-state index in [0.717, 1.165) is 31.9 Å². The lowest BCUT2D eigenvalue weighted by molar-refractivity contribution is -0.155. The van der Waals surface area contributed by atoms with Gasteiger partial charge >= 0.3 is 12.0 Å². The molecule has 1 aliphatic rings. The predicted molar refractivity (Wildman–Crippen MR) is 74.4 cm³/mol. The molecule has 110 valence electrons. The SMILES string of the molecule is CCSC1CCC(NC(=O)NCC(C)(O)C(=O)O)C1. The first-order valence-electron chi connectivity index (χ1n) is 6.47. The Balaban J connectivity index is 2.27. The first-order valence-corrected chi connectivity index (χ1v) is 7.51. The fraction of sp³-hybridized carbons (Fsp3) is 0.833. The van der Waals surface area contributed by atoms with Crippen molar-refractivity contribution in [2.75, 3.05) is 12.3 Å². The van der Waals surface area contributed by atoms with Crippen LogP contribution in [-0.2, 0) is 4.79 Å². The van der Waals surface area contributed by atoms with E-state index in [9.17, 15) is 14.7 Å². The monoisotopic (exact) mass is 290 g/mol. The topological polar surface area (TPSA) is 98.7 Å². The average Bonchev–Trinajstić information content (AvgIpc) is 2.74. The summed E-state index contributed by atoms with van der Waals surface area (Å²) in [6, 6.07) is -0.285. The van der Waals surface area contributed by atoms with Gasteiger partial charge in [0.1, 0.15) is 0 Å². The van der Waals surface area contributed by atoms with E-state index in [-0.39, 0.29) is 12.6 Å². The summed E-state index contributed by atoms with van der Waals surface area (Å²) in [4.78, 5) is 22.3. The molecule has 3 unspecified atom stereocenters. The Morgan fingerprint density at radius 2 is 2.11 bits per heavy atom. The minimum Gasteiger partial charge on any atom is -0.479 e. The molecule has 1 saturated carbocycles. The maximum atomic E-state index is 11.6. The van der Waals surface area contributed by atoms with Gasteiger partial charge in [0.05, 0.1) is 6.54 Å². The summed E-state index contributed by atoms with van der Waals surface area (Å²) >= 11 is 1.90. The van der Waals surface area contributed by atoms with E-state index in [0.29, 0.717) is 5.25 Å². The highest BCUT2D eigenvalue weighted by Crippen LogP contribution is 2.29. The zero-order valence-corrected chi connectivity index (χ0v) is 12.1. The maximum Gasteiger partial charge on any atom is 0.337 e. The molecule has 4 N–H and O–H groups in total. The second-order valence-electron chi connectivity index (χ2n) is 4.99. The van der Waals surface area contributed by atoms with Crippen molar-refractivity contribution < 1.29 is 19.8 Å². The van der Waals surface area contributed by atoms with Crippen molar-refractivity contribution in [3.05, 3.63) is 0 Å². The van der Waals surface area contributed by atoms with Crippen LogP contribution in [0.2, 0.25) is 0 Å². The Morgan fingerprint density at radius 1 is 1.42 bits per heavy atom. The highest BCUT2D eigenvalue weighted by molar-refractivity contribution is 7.99. The Labute approximate surface area is 117 Å².